The molecule has 0 radical (unpaired) electrons. The molecule has 1 aliphatic carbocycles. The minimum Gasteiger partial charge on any atom is -0.389 e. The summed E-state index contributed by atoms with van der Waals surface area (Å²) in [5, 5.41) is 13.9. The van der Waals surface area contributed by atoms with E-state index in [-0.39, 0.29) is 12.2 Å². The Hall–Kier alpha value is -0.640. The molecule has 1 fully saturated rings. The van der Waals surface area contributed by atoms with E-state index in [9.17, 15) is 9.50 Å². The van der Waals surface area contributed by atoms with Crippen molar-refractivity contribution in [2.24, 2.45) is 0 Å². The summed E-state index contributed by atoms with van der Waals surface area (Å²) in [6.45, 7) is 2.19. The van der Waals surface area contributed by atoms with Crippen LogP contribution in [0.2, 0.25) is 5.02 Å². The van der Waals surface area contributed by atoms with Crippen molar-refractivity contribution in [3.8, 4) is 0 Å². The van der Waals surface area contributed by atoms with Crippen molar-refractivity contribution in [1.82, 2.24) is 5.32 Å². The fourth-order valence-electron chi connectivity index (χ4n) is 1.80. The standard InChI is InChI=1S/C13H17ClFNO/c1-13(17,8-16-11-3-4-11)7-9-6-10(14)2-5-12(9)15/h2,5-6,11,16-17H,3-4,7-8H2,1H3. The first-order valence-corrected chi connectivity index (χ1v) is 6.24. The summed E-state index contributed by atoms with van der Waals surface area (Å²) in [4.78, 5) is 0. The summed E-state index contributed by atoms with van der Waals surface area (Å²) in [7, 11) is 0. The van der Waals surface area contributed by atoms with Gasteiger partial charge in [-0.15, -0.1) is 0 Å². The van der Waals surface area contributed by atoms with Gasteiger partial charge in [0.25, 0.3) is 0 Å². The molecule has 0 heterocycles. The maximum Gasteiger partial charge on any atom is 0.126 e. The normalized spacial score (nSPS) is 19.1. The van der Waals surface area contributed by atoms with E-state index in [2.05, 4.69) is 5.32 Å². The largest absolute Gasteiger partial charge is 0.389 e. The van der Waals surface area contributed by atoms with Crippen molar-refractivity contribution in [2.75, 3.05) is 6.54 Å². The highest BCUT2D eigenvalue weighted by molar-refractivity contribution is 6.30. The molecule has 1 aromatic rings. The monoisotopic (exact) mass is 257 g/mol. The Kier molecular flexibility index (Phi) is 3.71. The Morgan fingerprint density at radius 2 is 2.24 bits per heavy atom. The van der Waals surface area contributed by atoms with E-state index in [1.165, 1.54) is 25.0 Å². The van der Waals surface area contributed by atoms with Gasteiger partial charge in [-0.1, -0.05) is 11.6 Å². The summed E-state index contributed by atoms with van der Waals surface area (Å²) in [5.41, 5.74) is -0.492. The third-order valence-corrected chi connectivity index (χ3v) is 3.16. The second kappa shape index (κ2) is 4.92. The Morgan fingerprint density at radius 1 is 1.53 bits per heavy atom. The molecule has 1 aliphatic rings. The number of rotatable bonds is 5. The first-order valence-electron chi connectivity index (χ1n) is 5.86. The quantitative estimate of drug-likeness (QED) is 0.850. The van der Waals surface area contributed by atoms with Crippen LogP contribution in [0.15, 0.2) is 18.2 Å². The average Bonchev–Trinajstić information content (AvgIpc) is 3.04. The highest BCUT2D eigenvalue weighted by Crippen LogP contribution is 2.22. The Labute approximate surface area is 106 Å². The van der Waals surface area contributed by atoms with Crippen LogP contribution in [0, 0.1) is 5.82 Å². The van der Waals surface area contributed by atoms with E-state index in [0.29, 0.717) is 23.2 Å². The molecule has 1 atom stereocenters. The third-order valence-electron chi connectivity index (χ3n) is 2.93. The molecular formula is C13H17ClFNO. The molecule has 0 saturated heterocycles. The lowest BCUT2D eigenvalue weighted by Crippen LogP contribution is -2.40. The summed E-state index contributed by atoms with van der Waals surface area (Å²) < 4.78 is 13.5. The molecule has 0 spiro atoms. The van der Waals surface area contributed by atoms with Gasteiger partial charge in [0.05, 0.1) is 5.60 Å². The van der Waals surface area contributed by atoms with Crippen LogP contribution >= 0.6 is 11.6 Å². The molecule has 17 heavy (non-hydrogen) atoms. The zero-order valence-corrected chi connectivity index (χ0v) is 10.6. The highest BCUT2D eigenvalue weighted by atomic mass is 35.5. The van der Waals surface area contributed by atoms with Crippen LogP contribution in [-0.2, 0) is 6.42 Å². The molecule has 94 valence electrons. The van der Waals surface area contributed by atoms with Gasteiger partial charge < -0.3 is 10.4 Å². The maximum atomic E-state index is 13.5. The summed E-state index contributed by atoms with van der Waals surface area (Å²) in [5.74, 6) is -0.318. The Bertz CT molecular complexity index is 404. The predicted molar refractivity (Wildman–Crippen MR) is 66.8 cm³/mol. The van der Waals surface area contributed by atoms with Crippen LogP contribution in [0.1, 0.15) is 25.3 Å². The summed E-state index contributed by atoms with van der Waals surface area (Å²) >= 11 is 5.82. The van der Waals surface area contributed by atoms with Crippen molar-refractivity contribution < 1.29 is 9.50 Å². The Balaban J connectivity index is 1.99. The second-order valence-electron chi connectivity index (χ2n) is 5.06. The molecule has 1 saturated carbocycles. The molecule has 4 heteroatoms. The number of aliphatic hydroxyl groups is 1. The minimum absolute atomic E-state index is 0.263. The SMILES string of the molecule is CC(O)(CNC1CC1)Cc1cc(Cl)ccc1F. The smallest absolute Gasteiger partial charge is 0.126 e. The minimum atomic E-state index is -0.950. The molecule has 1 unspecified atom stereocenters. The van der Waals surface area contributed by atoms with Crippen LogP contribution in [0.4, 0.5) is 4.39 Å². The van der Waals surface area contributed by atoms with Gasteiger partial charge >= 0.3 is 0 Å². The van der Waals surface area contributed by atoms with Crippen molar-refractivity contribution in [3.63, 3.8) is 0 Å². The number of benzene rings is 1. The maximum absolute atomic E-state index is 13.5. The lowest BCUT2D eigenvalue weighted by Gasteiger charge is -2.24. The van der Waals surface area contributed by atoms with E-state index in [0.717, 1.165) is 0 Å². The molecule has 2 nitrogen and oxygen atoms in total. The van der Waals surface area contributed by atoms with Crippen LogP contribution < -0.4 is 5.32 Å². The zero-order valence-electron chi connectivity index (χ0n) is 9.84. The van der Waals surface area contributed by atoms with Crippen LogP contribution in [-0.4, -0.2) is 23.3 Å². The van der Waals surface area contributed by atoms with Gasteiger partial charge in [-0.3, -0.25) is 0 Å². The predicted octanol–water partition coefficient (Wildman–Crippen LogP) is 2.52. The zero-order chi connectivity index (χ0) is 12.5. The molecule has 2 rings (SSSR count). The Morgan fingerprint density at radius 3 is 2.88 bits per heavy atom. The molecule has 0 amide bonds. The molecular weight excluding hydrogens is 241 g/mol. The van der Waals surface area contributed by atoms with Crippen LogP contribution in [0.5, 0.6) is 0 Å². The number of hydrogen-bond acceptors (Lipinski definition) is 2. The molecule has 0 aliphatic heterocycles. The third kappa shape index (κ3) is 3.95. The van der Waals surface area contributed by atoms with E-state index in [1.807, 2.05) is 0 Å². The average molecular weight is 258 g/mol. The van der Waals surface area contributed by atoms with Gasteiger partial charge in [0, 0.05) is 24.0 Å². The van der Waals surface area contributed by atoms with Crippen molar-refractivity contribution in [1.29, 1.82) is 0 Å². The number of hydrogen-bond donors (Lipinski definition) is 2. The van der Waals surface area contributed by atoms with Gasteiger partial charge in [-0.05, 0) is 43.5 Å². The van der Waals surface area contributed by atoms with E-state index >= 15 is 0 Å². The number of nitrogens with one attached hydrogen (secondary N) is 1. The molecule has 1 aromatic carbocycles. The topological polar surface area (TPSA) is 32.3 Å². The van der Waals surface area contributed by atoms with Gasteiger partial charge in [0.2, 0.25) is 0 Å². The first-order chi connectivity index (χ1) is 7.96. The van der Waals surface area contributed by atoms with E-state index in [4.69, 9.17) is 11.6 Å². The highest BCUT2D eigenvalue weighted by Gasteiger charge is 2.27. The van der Waals surface area contributed by atoms with E-state index in [1.54, 1.807) is 13.0 Å². The van der Waals surface area contributed by atoms with Gasteiger partial charge in [-0.2, -0.15) is 0 Å². The van der Waals surface area contributed by atoms with Gasteiger partial charge in [-0.25, -0.2) is 4.39 Å². The van der Waals surface area contributed by atoms with Gasteiger partial charge in [0.15, 0.2) is 0 Å². The lowest BCUT2D eigenvalue weighted by molar-refractivity contribution is 0.0589. The van der Waals surface area contributed by atoms with Crippen molar-refractivity contribution in [2.45, 2.75) is 37.8 Å². The van der Waals surface area contributed by atoms with Crippen LogP contribution in [0.25, 0.3) is 0 Å². The summed E-state index contributed by atoms with van der Waals surface area (Å²) in [6.07, 6.45) is 2.60. The second-order valence-corrected chi connectivity index (χ2v) is 5.50. The molecule has 2 N–H and O–H groups in total. The fraction of sp³-hybridized carbons (Fsp3) is 0.538. The lowest BCUT2D eigenvalue weighted by atomic mass is 9.96. The number of halogens is 2. The van der Waals surface area contributed by atoms with Crippen LogP contribution in [0.3, 0.4) is 0 Å². The van der Waals surface area contributed by atoms with Crippen molar-refractivity contribution in [3.05, 3.63) is 34.6 Å². The van der Waals surface area contributed by atoms with Crippen molar-refractivity contribution >= 4 is 11.6 Å². The molecule has 0 aromatic heterocycles. The summed E-state index contributed by atoms with van der Waals surface area (Å²) in [6, 6.07) is 4.95. The van der Waals surface area contributed by atoms with E-state index < -0.39 is 5.60 Å². The molecule has 0 bridgehead atoms. The first kappa shape index (κ1) is 12.8. The van der Waals surface area contributed by atoms with Gasteiger partial charge in [0.1, 0.15) is 5.82 Å². The fourth-order valence-corrected chi connectivity index (χ4v) is 2.00.